The first-order valence-corrected chi connectivity index (χ1v) is 4.49. The molecule has 0 saturated heterocycles. The SMILES string of the molecule is Oc1ccc2c(c1Cl)C(O)NCC2. The third-order valence-electron chi connectivity index (χ3n) is 2.26. The van der Waals surface area contributed by atoms with Gasteiger partial charge in [-0.15, -0.1) is 0 Å². The summed E-state index contributed by atoms with van der Waals surface area (Å²) >= 11 is 5.86. The van der Waals surface area contributed by atoms with Crippen molar-refractivity contribution in [2.45, 2.75) is 12.6 Å². The second-order valence-electron chi connectivity index (χ2n) is 3.08. The Balaban J connectivity index is 2.58. The van der Waals surface area contributed by atoms with Crippen LogP contribution >= 0.6 is 11.6 Å². The summed E-state index contributed by atoms with van der Waals surface area (Å²) in [6, 6.07) is 3.35. The number of hydrogen-bond donors (Lipinski definition) is 3. The third-order valence-corrected chi connectivity index (χ3v) is 2.65. The molecule has 0 amide bonds. The van der Waals surface area contributed by atoms with E-state index in [2.05, 4.69) is 5.32 Å². The smallest absolute Gasteiger partial charge is 0.134 e. The molecule has 2 rings (SSSR count). The molecule has 1 heterocycles. The maximum atomic E-state index is 9.56. The van der Waals surface area contributed by atoms with E-state index in [-0.39, 0.29) is 10.8 Å². The number of aliphatic hydroxyl groups is 1. The minimum Gasteiger partial charge on any atom is -0.506 e. The van der Waals surface area contributed by atoms with Crippen molar-refractivity contribution in [1.29, 1.82) is 0 Å². The quantitative estimate of drug-likeness (QED) is 0.588. The van der Waals surface area contributed by atoms with E-state index < -0.39 is 6.23 Å². The fourth-order valence-electron chi connectivity index (χ4n) is 1.58. The van der Waals surface area contributed by atoms with Crippen LogP contribution < -0.4 is 5.32 Å². The third kappa shape index (κ3) is 1.39. The first-order valence-electron chi connectivity index (χ1n) is 4.12. The molecule has 1 aromatic rings. The van der Waals surface area contributed by atoms with Crippen molar-refractivity contribution in [2.75, 3.05) is 6.54 Å². The maximum Gasteiger partial charge on any atom is 0.134 e. The number of aromatic hydroxyl groups is 1. The zero-order chi connectivity index (χ0) is 9.42. The molecule has 1 atom stereocenters. The number of rotatable bonds is 0. The molecule has 70 valence electrons. The van der Waals surface area contributed by atoms with Gasteiger partial charge in [0, 0.05) is 12.1 Å². The first-order chi connectivity index (χ1) is 6.20. The molecule has 0 spiro atoms. The van der Waals surface area contributed by atoms with Gasteiger partial charge in [0.15, 0.2) is 0 Å². The summed E-state index contributed by atoms with van der Waals surface area (Å²) in [7, 11) is 0. The zero-order valence-electron chi connectivity index (χ0n) is 6.92. The molecule has 1 aliphatic rings. The van der Waals surface area contributed by atoms with Crippen LogP contribution in [0.5, 0.6) is 5.75 Å². The normalized spacial score (nSPS) is 21.2. The van der Waals surface area contributed by atoms with Gasteiger partial charge in [-0.05, 0) is 18.1 Å². The average Bonchev–Trinajstić information content (AvgIpc) is 2.12. The molecule has 13 heavy (non-hydrogen) atoms. The maximum absolute atomic E-state index is 9.56. The van der Waals surface area contributed by atoms with Crippen LogP contribution in [0.1, 0.15) is 17.4 Å². The predicted molar refractivity (Wildman–Crippen MR) is 49.8 cm³/mol. The predicted octanol–water partition coefficient (Wildman–Crippen LogP) is 1.18. The van der Waals surface area contributed by atoms with Crippen LogP contribution in [0, 0.1) is 0 Å². The fraction of sp³-hybridized carbons (Fsp3) is 0.333. The monoisotopic (exact) mass is 199 g/mol. The van der Waals surface area contributed by atoms with Crippen LogP contribution in [-0.2, 0) is 6.42 Å². The Kier molecular flexibility index (Phi) is 2.15. The Morgan fingerprint density at radius 2 is 2.23 bits per heavy atom. The van der Waals surface area contributed by atoms with E-state index in [4.69, 9.17) is 11.6 Å². The van der Waals surface area contributed by atoms with Gasteiger partial charge < -0.3 is 10.2 Å². The molecule has 0 radical (unpaired) electrons. The van der Waals surface area contributed by atoms with E-state index >= 15 is 0 Å². The Morgan fingerprint density at radius 1 is 1.46 bits per heavy atom. The van der Waals surface area contributed by atoms with Gasteiger partial charge in [0.05, 0.1) is 5.02 Å². The van der Waals surface area contributed by atoms with Crippen LogP contribution in [0.2, 0.25) is 5.02 Å². The molecule has 1 aromatic carbocycles. The van der Waals surface area contributed by atoms with Gasteiger partial charge in [0.2, 0.25) is 0 Å². The van der Waals surface area contributed by atoms with Crippen LogP contribution in [-0.4, -0.2) is 16.8 Å². The van der Waals surface area contributed by atoms with E-state index in [1.165, 1.54) is 0 Å². The molecular formula is C9H10ClNO2. The molecule has 0 aromatic heterocycles. The number of phenolic OH excluding ortho intramolecular Hbond substituents is 1. The van der Waals surface area contributed by atoms with Gasteiger partial charge in [0.1, 0.15) is 12.0 Å². The average molecular weight is 200 g/mol. The van der Waals surface area contributed by atoms with Crippen molar-refractivity contribution in [3.05, 3.63) is 28.3 Å². The largest absolute Gasteiger partial charge is 0.506 e. The Hall–Kier alpha value is -0.770. The number of phenols is 1. The van der Waals surface area contributed by atoms with Gasteiger partial charge >= 0.3 is 0 Å². The number of fused-ring (bicyclic) bond motifs is 1. The lowest BCUT2D eigenvalue weighted by molar-refractivity contribution is 0.132. The number of halogens is 1. The summed E-state index contributed by atoms with van der Waals surface area (Å²) in [4.78, 5) is 0. The van der Waals surface area contributed by atoms with Gasteiger partial charge in [-0.3, -0.25) is 5.32 Å². The van der Waals surface area contributed by atoms with Crippen molar-refractivity contribution in [3.63, 3.8) is 0 Å². The number of aliphatic hydroxyl groups excluding tert-OH is 1. The molecule has 0 bridgehead atoms. The van der Waals surface area contributed by atoms with E-state index in [1.807, 2.05) is 0 Å². The molecule has 0 saturated carbocycles. The van der Waals surface area contributed by atoms with E-state index in [9.17, 15) is 10.2 Å². The number of hydrogen-bond acceptors (Lipinski definition) is 3. The Labute approximate surface area is 81.0 Å². The summed E-state index contributed by atoms with van der Waals surface area (Å²) in [5.74, 6) is 0.0168. The molecule has 3 N–H and O–H groups in total. The minimum atomic E-state index is -0.761. The summed E-state index contributed by atoms with van der Waals surface area (Å²) in [6.45, 7) is 0.731. The van der Waals surface area contributed by atoms with Gasteiger partial charge in [-0.2, -0.15) is 0 Å². The number of nitrogens with one attached hydrogen (secondary N) is 1. The molecule has 4 heteroatoms. The lowest BCUT2D eigenvalue weighted by Crippen LogP contribution is -2.29. The second kappa shape index (κ2) is 3.18. The summed E-state index contributed by atoms with van der Waals surface area (Å²) in [5, 5.41) is 22.0. The van der Waals surface area contributed by atoms with Gasteiger partial charge in [-0.25, -0.2) is 0 Å². The fourth-order valence-corrected chi connectivity index (χ4v) is 1.87. The van der Waals surface area contributed by atoms with Gasteiger partial charge in [-0.1, -0.05) is 17.7 Å². The summed E-state index contributed by atoms with van der Waals surface area (Å²) in [5.41, 5.74) is 1.60. The molecule has 3 nitrogen and oxygen atoms in total. The highest BCUT2D eigenvalue weighted by atomic mass is 35.5. The van der Waals surface area contributed by atoms with Crippen molar-refractivity contribution >= 4 is 11.6 Å². The highest BCUT2D eigenvalue weighted by Gasteiger charge is 2.21. The first kappa shape index (κ1) is 8.81. The molecule has 0 fully saturated rings. The van der Waals surface area contributed by atoms with Gasteiger partial charge in [0.25, 0.3) is 0 Å². The van der Waals surface area contributed by atoms with Crippen molar-refractivity contribution < 1.29 is 10.2 Å². The highest BCUT2D eigenvalue weighted by molar-refractivity contribution is 6.32. The van der Waals surface area contributed by atoms with Crippen molar-refractivity contribution in [3.8, 4) is 5.75 Å². The standard InChI is InChI=1S/C9H10ClNO2/c10-8-6(12)2-1-5-3-4-11-9(13)7(5)8/h1-2,9,11-13H,3-4H2. The lowest BCUT2D eigenvalue weighted by atomic mass is 9.99. The summed E-state index contributed by atoms with van der Waals surface area (Å²) < 4.78 is 0. The van der Waals surface area contributed by atoms with Crippen LogP contribution in [0.3, 0.4) is 0 Å². The highest BCUT2D eigenvalue weighted by Crippen LogP contribution is 2.34. The minimum absolute atomic E-state index is 0.0168. The molecular weight excluding hydrogens is 190 g/mol. The van der Waals surface area contributed by atoms with Crippen LogP contribution in [0.4, 0.5) is 0 Å². The molecule has 1 aliphatic heterocycles. The van der Waals surface area contributed by atoms with E-state index in [1.54, 1.807) is 12.1 Å². The van der Waals surface area contributed by atoms with Crippen LogP contribution in [0.25, 0.3) is 0 Å². The van der Waals surface area contributed by atoms with Crippen molar-refractivity contribution in [1.82, 2.24) is 5.32 Å². The topological polar surface area (TPSA) is 52.5 Å². The molecule has 0 aliphatic carbocycles. The van der Waals surface area contributed by atoms with Crippen LogP contribution in [0.15, 0.2) is 12.1 Å². The Bertz CT molecular complexity index is 341. The Morgan fingerprint density at radius 3 is 3.00 bits per heavy atom. The summed E-state index contributed by atoms with van der Waals surface area (Å²) in [6.07, 6.45) is 0.0650. The van der Waals surface area contributed by atoms with E-state index in [0.29, 0.717) is 5.56 Å². The van der Waals surface area contributed by atoms with Crippen molar-refractivity contribution in [2.24, 2.45) is 0 Å². The molecule has 1 unspecified atom stereocenters. The number of benzene rings is 1. The van der Waals surface area contributed by atoms with E-state index in [0.717, 1.165) is 18.5 Å². The zero-order valence-corrected chi connectivity index (χ0v) is 7.67. The second-order valence-corrected chi connectivity index (χ2v) is 3.46. The lowest BCUT2D eigenvalue weighted by Gasteiger charge is -2.23.